The van der Waals surface area contributed by atoms with Gasteiger partial charge in [0.25, 0.3) is 5.91 Å². The van der Waals surface area contributed by atoms with Crippen molar-refractivity contribution in [3.8, 4) is 0 Å². The zero-order valence-corrected chi connectivity index (χ0v) is 12.9. The maximum atomic E-state index is 12.1. The standard InChI is InChI=1S/C14H14Cl2N4O/c1-2-3-18-13-8-17-7-12(20-13)14(21)19-11-5-9(15)4-10(16)6-11/h4-8H,2-3H2,1H3,(H,18,20)(H,19,21). The summed E-state index contributed by atoms with van der Waals surface area (Å²) in [6.07, 6.45) is 3.93. The third kappa shape index (κ3) is 4.58. The van der Waals surface area contributed by atoms with Crippen LogP contribution in [0.2, 0.25) is 10.0 Å². The summed E-state index contributed by atoms with van der Waals surface area (Å²) in [7, 11) is 0. The van der Waals surface area contributed by atoms with Crippen LogP contribution in [0.4, 0.5) is 11.5 Å². The Morgan fingerprint density at radius 1 is 1.19 bits per heavy atom. The van der Waals surface area contributed by atoms with Crippen LogP contribution in [-0.2, 0) is 0 Å². The monoisotopic (exact) mass is 324 g/mol. The Balaban J connectivity index is 2.12. The lowest BCUT2D eigenvalue weighted by Gasteiger charge is -2.07. The molecule has 0 radical (unpaired) electrons. The fourth-order valence-corrected chi connectivity index (χ4v) is 2.16. The van der Waals surface area contributed by atoms with E-state index < -0.39 is 0 Å². The number of rotatable bonds is 5. The molecule has 2 rings (SSSR count). The predicted molar refractivity (Wildman–Crippen MR) is 85.2 cm³/mol. The van der Waals surface area contributed by atoms with E-state index in [9.17, 15) is 4.79 Å². The largest absolute Gasteiger partial charge is 0.369 e. The molecule has 5 nitrogen and oxygen atoms in total. The molecule has 0 spiro atoms. The van der Waals surface area contributed by atoms with Crippen LogP contribution >= 0.6 is 23.2 Å². The van der Waals surface area contributed by atoms with Crippen molar-refractivity contribution < 1.29 is 4.79 Å². The summed E-state index contributed by atoms with van der Waals surface area (Å²) in [5, 5.41) is 6.65. The van der Waals surface area contributed by atoms with Crippen molar-refractivity contribution in [1.82, 2.24) is 9.97 Å². The summed E-state index contributed by atoms with van der Waals surface area (Å²) in [4.78, 5) is 20.3. The number of nitrogens with one attached hydrogen (secondary N) is 2. The van der Waals surface area contributed by atoms with Crippen molar-refractivity contribution >= 4 is 40.6 Å². The molecule has 0 atom stereocenters. The molecule has 0 saturated carbocycles. The van der Waals surface area contributed by atoms with Gasteiger partial charge in [-0.1, -0.05) is 30.1 Å². The quantitative estimate of drug-likeness (QED) is 0.876. The number of benzene rings is 1. The SMILES string of the molecule is CCCNc1cncc(C(=O)Nc2cc(Cl)cc(Cl)c2)n1. The molecule has 1 aromatic carbocycles. The van der Waals surface area contributed by atoms with E-state index in [2.05, 4.69) is 20.6 Å². The van der Waals surface area contributed by atoms with Crippen LogP contribution < -0.4 is 10.6 Å². The molecule has 0 unspecified atom stereocenters. The molecule has 1 heterocycles. The fourth-order valence-electron chi connectivity index (χ4n) is 1.63. The maximum absolute atomic E-state index is 12.1. The molecular weight excluding hydrogens is 311 g/mol. The fraction of sp³-hybridized carbons (Fsp3) is 0.214. The van der Waals surface area contributed by atoms with E-state index >= 15 is 0 Å². The van der Waals surface area contributed by atoms with Gasteiger partial charge in [-0.2, -0.15) is 0 Å². The van der Waals surface area contributed by atoms with E-state index in [1.54, 1.807) is 24.4 Å². The molecule has 0 saturated heterocycles. The molecule has 0 aliphatic carbocycles. The van der Waals surface area contributed by atoms with Gasteiger partial charge in [0.2, 0.25) is 0 Å². The van der Waals surface area contributed by atoms with Crippen molar-refractivity contribution in [2.45, 2.75) is 13.3 Å². The lowest BCUT2D eigenvalue weighted by Crippen LogP contribution is -2.15. The normalized spacial score (nSPS) is 10.2. The summed E-state index contributed by atoms with van der Waals surface area (Å²) in [5.74, 6) is 0.189. The number of carbonyl (C=O) groups excluding carboxylic acids is 1. The Labute approximate surface area is 132 Å². The van der Waals surface area contributed by atoms with Crippen LogP contribution in [0.15, 0.2) is 30.6 Å². The number of halogens is 2. The van der Waals surface area contributed by atoms with Crippen molar-refractivity contribution in [1.29, 1.82) is 0 Å². The predicted octanol–water partition coefficient (Wildman–Crippen LogP) is 3.86. The first-order valence-corrected chi connectivity index (χ1v) is 7.17. The van der Waals surface area contributed by atoms with Crippen LogP contribution in [-0.4, -0.2) is 22.4 Å². The van der Waals surface area contributed by atoms with Gasteiger partial charge < -0.3 is 10.6 Å². The van der Waals surface area contributed by atoms with Gasteiger partial charge in [-0.3, -0.25) is 9.78 Å². The summed E-state index contributed by atoms with van der Waals surface area (Å²) in [6, 6.07) is 4.81. The molecule has 7 heteroatoms. The zero-order chi connectivity index (χ0) is 15.2. The van der Waals surface area contributed by atoms with Crippen LogP contribution in [0.5, 0.6) is 0 Å². The van der Waals surface area contributed by atoms with Gasteiger partial charge in [-0.05, 0) is 24.6 Å². The first-order valence-electron chi connectivity index (χ1n) is 6.42. The summed E-state index contributed by atoms with van der Waals surface area (Å²) in [6.45, 7) is 2.81. The van der Waals surface area contributed by atoms with Gasteiger partial charge in [0.05, 0.1) is 12.4 Å². The van der Waals surface area contributed by atoms with Crippen LogP contribution in [0.1, 0.15) is 23.8 Å². The number of hydrogen-bond donors (Lipinski definition) is 2. The Kier molecular flexibility index (Phi) is 5.36. The van der Waals surface area contributed by atoms with Crippen molar-refractivity contribution in [2.24, 2.45) is 0 Å². The number of anilines is 2. The second-order valence-electron chi connectivity index (χ2n) is 4.33. The van der Waals surface area contributed by atoms with Gasteiger partial charge in [0.1, 0.15) is 11.5 Å². The lowest BCUT2D eigenvalue weighted by molar-refractivity contribution is 0.102. The molecule has 0 bridgehead atoms. The second kappa shape index (κ2) is 7.24. The number of hydrogen-bond acceptors (Lipinski definition) is 4. The minimum absolute atomic E-state index is 0.215. The highest BCUT2D eigenvalue weighted by atomic mass is 35.5. The molecule has 1 amide bonds. The zero-order valence-electron chi connectivity index (χ0n) is 11.4. The Hall–Kier alpha value is -1.85. The van der Waals surface area contributed by atoms with E-state index in [1.807, 2.05) is 6.92 Å². The van der Waals surface area contributed by atoms with Crippen LogP contribution in [0.25, 0.3) is 0 Å². The summed E-state index contributed by atoms with van der Waals surface area (Å²) < 4.78 is 0. The highest BCUT2D eigenvalue weighted by Gasteiger charge is 2.10. The molecule has 0 fully saturated rings. The van der Waals surface area contributed by atoms with Crippen LogP contribution in [0, 0.1) is 0 Å². The lowest BCUT2D eigenvalue weighted by atomic mass is 10.3. The smallest absolute Gasteiger partial charge is 0.275 e. The Morgan fingerprint density at radius 2 is 1.90 bits per heavy atom. The molecule has 0 aliphatic rings. The molecule has 21 heavy (non-hydrogen) atoms. The topological polar surface area (TPSA) is 66.9 Å². The summed E-state index contributed by atoms with van der Waals surface area (Å²) in [5.41, 5.74) is 0.721. The van der Waals surface area contributed by atoms with E-state index in [1.165, 1.54) is 6.20 Å². The van der Waals surface area contributed by atoms with Crippen molar-refractivity contribution in [3.05, 3.63) is 46.3 Å². The van der Waals surface area contributed by atoms with Crippen LogP contribution in [0.3, 0.4) is 0 Å². The number of aromatic nitrogens is 2. The first kappa shape index (κ1) is 15.5. The van der Waals surface area contributed by atoms with Gasteiger partial charge in [-0.25, -0.2) is 4.98 Å². The van der Waals surface area contributed by atoms with Gasteiger partial charge in [-0.15, -0.1) is 0 Å². The van der Waals surface area contributed by atoms with E-state index in [-0.39, 0.29) is 11.6 Å². The van der Waals surface area contributed by atoms with Gasteiger partial charge in [0, 0.05) is 22.3 Å². The Morgan fingerprint density at radius 3 is 2.57 bits per heavy atom. The molecule has 1 aromatic heterocycles. The first-order chi connectivity index (χ1) is 10.1. The Bertz CT molecular complexity index is 628. The van der Waals surface area contributed by atoms with Gasteiger partial charge >= 0.3 is 0 Å². The minimum atomic E-state index is -0.374. The molecule has 2 aromatic rings. The second-order valence-corrected chi connectivity index (χ2v) is 5.20. The van der Waals surface area contributed by atoms with E-state index in [0.717, 1.165) is 13.0 Å². The highest BCUT2D eigenvalue weighted by Crippen LogP contribution is 2.22. The van der Waals surface area contributed by atoms with Crippen molar-refractivity contribution in [3.63, 3.8) is 0 Å². The third-order valence-corrected chi connectivity index (χ3v) is 2.98. The molecule has 0 aliphatic heterocycles. The molecule has 110 valence electrons. The average molecular weight is 325 g/mol. The maximum Gasteiger partial charge on any atom is 0.275 e. The molecule has 2 N–H and O–H groups in total. The van der Waals surface area contributed by atoms with E-state index in [0.29, 0.717) is 21.6 Å². The van der Waals surface area contributed by atoms with Gasteiger partial charge in [0.15, 0.2) is 0 Å². The number of nitrogens with zero attached hydrogens (tertiary/aromatic N) is 2. The average Bonchev–Trinajstić information content (AvgIpc) is 2.44. The van der Waals surface area contributed by atoms with E-state index in [4.69, 9.17) is 23.2 Å². The number of carbonyl (C=O) groups is 1. The molecular formula is C14H14Cl2N4O. The minimum Gasteiger partial charge on any atom is -0.369 e. The van der Waals surface area contributed by atoms with Crippen molar-refractivity contribution in [2.75, 3.05) is 17.2 Å². The highest BCUT2D eigenvalue weighted by molar-refractivity contribution is 6.35. The third-order valence-electron chi connectivity index (χ3n) is 2.54. The number of amides is 1. The summed E-state index contributed by atoms with van der Waals surface area (Å²) >= 11 is 11.8.